The van der Waals surface area contributed by atoms with Crippen LogP contribution < -0.4 is 5.32 Å². The smallest absolute Gasteiger partial charge is 0.126 e. The quantitative estimate of drug-likeness (QED) is 0.881. The predicted octanol–water partition coefficient (Wildman–Crippen LogP) is 4.05. The van der Waals surface area contributed by atoms with Gasteiger partial charge in [-0.2, -0.15) is 0 Å². The summed E-state index contributed by atoms with van der Waals surface area (Å²) in [6.45, 7) is 9.81. The van der Waals surface area contributed by atoms with Crippen molar-refractivity contribution in [2.24, 2.45) is 0 Å². The van der Waals surface area contributed by atoms with Crippen LogP contribution in [-0.2, 0) is 0 Å². The summed E-state index contributed by atoms with van der Waals surface area (Å²) >= 11 is 0. The SMILES string of the molecule is CCCN1CCCC(NC(C)c2ccc(C)c(F)c2)CC1. The highest BCUT2D eigenvalue weighted by Gasteiger charge is 2.18. The summed E-state index contributed by atoms with van der Waals surface area (Å²) in [5.41, 5.74) is 1.77. The summed E-state index contributed by atoms with van der Waals surface area (Å²) in [6, 6.07) is 6.34. The standard InChI is InChI=1S/C18H29FN2/c1-4-10-21-11-5-6-17(9-12-21)20-15(3)16-8-7-14(2)18(19)13-16/h7-8,13,15,17,20H,4-6,9-12H2,1-3H3. The highest BCUT2D eigenvalue weighted by molar-refractivity contribution is 5.25. The molecule has 1 aromatic carbocycles. The second-order valence-electron chi connectivity index (χ2n) is 6.37. The monoisotopic (exact) mass is 292 g/mol. The fourth-order valence-electron chi connectivity index (χ4n) is 3.19. The Bertz CT molecular complexity index is 447. The fraction of sp³-hybridized carbons (Fsp3) is 0.667. The number of likely N-dealkylation sites (tertiary alicyclic amines) is 1. The second-order valence-corrected chi connectivity index (χ2v) is 6.37. The lowest BCUT2D eigenvalue weighted by atomic mass is 10.0. The summed E-state index contributed by atoms with van der Waals surface area (Å²) in [5, 5.41) is 3.69. The predicted molar refractivity (Wildman–Crippen MR) is 87.1 cm³/mol. The van der Waals surface area contributed by atoms with Crippen molar-refractivity contribution in [1.82, 2.24) is 10.2 Å². The van der Waals surface area contributed by atoms with Crippen molar-refractivity contribution >= 4 is 0 Å². The van der Waals surface area contributed by atoms with Crippen molar-refractivity contribution < 1.29 is 4.39 Å². The molecule has 0 spiro atoms. The second kappa shape index (κ2) is 7.90. The first-order valence-corrected chi connectivity index (χ1v) is 8.34. The van der Waals surface area contributed by atoms with E-state index in [4.69, 9.17) is 0 Å². The molecule has 0 bridgehead atoms. The highest BCUT2D eigenvalue weighted by Crippen LogP contribution is 2.19. The van der Waals surface area contributed by atoms with E-state index in [2.05, 4.69) is 24.1 Å². The van der Waals surface area contributed by atoms with Gasteiger partial charge in [0, 0.05) is 12.1 Å². The number of benzene rings is 1. The van der Waals surface area contributed by atoms with E-state index in [1.807, 2.05) is 19.1 Å². The van der Waals surface area contributed by atoms with Crippen LogP contribution in [0.25, 0.3) is 0 Å². The van der Waals surface area contributed by atoms with E-state index in [0.29, 0.717) is 6.04 Å². The van der Waals surface area contributed by atoms with E-state index >= 15 is 0 Å². The Morgan fingerprint density at radius 1 is 1.33 bits per heavy atom. The van der Waals surface area contributed by atoms with E-state index < -0.39 is 0 Å². The number of nitrogens with one attached hydrogen (secondary N) is 1. The summed E-state index contributed by atoms with van der Waals surface area (Å²) in [4.78, 5) is 2.57. The lowest BCUT2D eigenvalue weighted by Crippen LogP contribution is -2.33. The molecular weight excluding hydrogens is 263 g/mol. The molecule has 0 aromatic heterocycles. The first-order valence-electron chi connectivity index (χ1n) is 8.34. The van der Waals surface area contributed by atoms with Crippen LogP contribution in [0.3, 0.4) is 0 Å². The van der Waals surface area contributed by atoms with Crippen molar-refractivity contribution in [2.75, 3.05) is 19.6 Å². The molecule has 2 atom stereocenters. The third-order valence-electron chi connectivity index (χ3n) is 4.54. The number of halogens is 1. The van der Waals surface area contributed by atoms with Gasteiger partial charge in [0.05, 0.1) is 0 Å². The van der Waals surface area contributed by atoms with E-state index in [1.54, 1.807) is 6.07 Å². The van der Waals surface area contributed by atoms with Gasteiger partial charge >= 0.3 is 0 Å². The molecule has 1 saturated heterocycles. The van der Waals surface area contributed by atoms with Gasteiger partial charge in [0.1, 0.15) is 5.82 Å². The Kier molecular flexibility index (Phi) is 6.19. The van der Waals surface area contributed by atoms with Crippen molar-refractivity contribution in [3.63, 3.8) is 0 Å². The van der Waals surface area contributed by atoms with Crippen LogP contribution in [0.4, 0.5) is 4.39 Å². The molecule has 1 aromatic rings. The summed E-state index contributed by atoms with van der Waals surface area (Å²) < 4.78 is 13.7. The minimum Gasteiger partial charge on any atom is -0.307 e. The summed E-state index contributed by atoms with van der Waals surface area (Å²) in [5.74, 6) is -0.101. The molecule has 2 rings (SSSR count). The number of rotatable bonds is 5. The Morgan fingerprint density at radius 3 is 2.86 bits per heavy atom. The molecule has 0 saturated carbocycles. The third kappa shape index (κ3) is 4.79. The van der Waals surface area contributed by atoms with E-state index in [0.717, 1.165) is 11.1 Å². The van der Waals surface area contributed by atoms with Crippen LogP contribution in [0, 0.1) is 12.7 Å². The minimum absolute atomic E-state index is 0.101. The number of aryl methyl sites for hydroxylation is 1. The molecule has 118 valence electrons. The summed E-state index contributed by atoms with van der Waals surface area (Å²) in [7, 11) is 0. The number of nitrogens with zero attached hydrogens (tertiary/aromatic N) is 1. The largest absolute Gasteiger partial charge is 0.307 e. The summed E-state index contributed by atoms with van der Waals surface area (Å²) in [6.07, 6.45) is 4.90. The first kappa shape index (κ1) is 16.4. The van der Waals surface area contributed by atoms with Crippen molar-refractivity contribution in [3.8, 4) is 0 Å². The van der Waals surface area contributed by atoms with Gasteiger partial charge in [-0.25, -0.2) is 4.39 Å². The highest BCUT2D eigenvalue weighted by atomic mass is 19.1. The van der Waals surface area contributed by atoms with Gasteiger partial charge in [-0.1, -0.05) is 19.1 Å². The van der Waals surface area contributed by atoms with Crippen molar-refractivity contribution in [3.05, 3.63) is 35.1 Å². The van der Waals surface area contributed by atoms with Crippen molar-refractivity contribution in [1.29, 1.82) is 0 Å². The lowest BCUT2D eigenvalue weighted by Gasteiger charge is -2.23. The Hall–Kier alpha value is -0.930. The average Bonchev–Trinajstić information content (AvgIpc) is 2.68. The maximum atomic E-state index is 13.7. The Labute approximate surface area is 128 Å². The fourth-order valence-corrected chi connectivity index (χ4v) is 3.19. The van der Waals surface area contributed by atoms with E-state index in [-0.39, 0.29) is 11.9 Å². The molecule has 1 aliphatic rings. The van der Waals surface area contributed by atoms with Crippen LogP contribution in [0.1, 0.15) is 56.7 Å². The first-order chi connectivity index (χ1) is 10.1. The maximum absolute atomic E-state index is 13.7. The molecule has 1 aliphatic heterocycles. The molecule has 2 unspecified atom stereocenters. The molecular formula is C18H29FN2. The van der Waals surface area contributed by atoms with Crippen LogP contribution in [0.15, 0.2) is 18.2 Å². The van der Waals surface area contributed by atoms with Gasteiger partial charge < -0.3 is 10.2 Å². The van der Waals surface area contributed by atoms with Gasteiger partial charge in [0.2, 0.25) is 0 Å². The topological polar surface area (TPSA) is 15.3 Å². The Balaban J connectivity index is 1.90. The molecule has 0 aliphatic carbocycles. The van der Waals surface area contributed by atoms with E-state index in [1.165, 1.54) is 45.3 Å². The normalized spacial score (nSPS) is 22.0. The number of hydrogen-bond acceptors (Lipinski definition) is 2. The molecule has 1 fully saturated rings. The molecule has 21 heavy (non-hydrogen) atoms. The Morgan fingerprint density at radius 2 is 2.14 bits per heavy atom. The minimum atomic E-state index is -0.101. The van der Waals surface area contributed by atoms with Gasteiger partial charge in [-0.05, 0) is 76.4 Å². The van der Waals surface area contributed by atoms with Crippen LogP contribution in [0.2, 0.25) is 0 Å². The zero-order valence-corrected chi connectivity index (χ0v) is 13.7. The zero-order chi connectivity index (χ0) is 15.2. The van der Waals surface area contributed by atoms with Crippen LogP contribution >= 0.6 is 0 Å². The van der Waals surface area contributed by atoms with Crippen LogP contribution in [0.5, 0.6) is 0 Å². The molecule has 2 nitrogen and oxygen atoms in total. The molecule has 0 radical (unpaired) electrons. The van der Waals surface area contributed by atoms with Crippen molar-refractivity contribution in [2.45, 2.75) is 58.5 Å². The molecule has 1 heterocycles. The molecule has 0 amide bonds. The number of hydrogen-bond donors (Lipinski definition) is 1. The molecule has 3 heteroatoms. The van der Waals surface area contributed by atoms with E-state index in [9.17, 15) is 4.39 Å². The van der Waals surface area contributed by atoms with Gasteiger partial charge in [0.25, 0.3) is 0 Å². The van der Waals surface area contributed by atoms with Gasteiger partial charge in [0.15, 0.2) is 0 Å². The van der Waals surface area contributed by atoms with Gasteiger partial charge in [-0.3, -0.25) is 0 Å². The lowest BCUT2D eigenvalue weighted by molar-refractivity contribution is 0.281. The zero-order valence-electron chi connectivity index (χ0n) is 13.7. The third-order valence-corrected chi connectivity index (χ3v) is 4.54. The van der Waals surface area contributed by atoms with Crippen LogP contribution in [-0.4, -0.2) is 30.6 Å². The maximum Gasteiger partial charge on any atom is 0.126 e. The van der Waals surface area contributed by atoms with Gasteiger partial charge in [-0.15, -0.1) is 0 Å². The average molecular weight is 292 g/mol. The molecule has 1 N–H and O–H groups in total.